The maximum absolute atomic E-state index is 13.2. The average Bonchev–Trinajstić information content (AvgIpc) is 3.05. The molecule has 0 saturated carbocycles. The smallest absolute Gasteiger partial charge is 0.140 e. The van der Waals surface area contributed by atoms with Crippen molar-refractivity contribution in [2.75, 3.05) is 11.9 Å². The number of nitrogens with one attached hydrogen (secondary N) is 3. The minimum Gasteiger partial charge on any atom is -0.355 e. The van der Waals surface area contributed by atoms with Crippen LogP contribution in [0.4, 0.5) is 5.69 Å². The van der Waals surface area contributed by atoms with Crippen molar-refractivity contribution in [3.05, 3.63) is 70.2 Å². The highest BCUT2D eigenvalue weighted by molar-refractivity contribution is 7.78. The second-order valence-corrected chi connectivity index (χ2v) is 8.61. The first-order valence-electron chi connectivity index (χ1n) is 10.4. The number of aryl methyl sites for hydroxylation is 3. The Labute approximate surface area is 189 Å². The molecule has 0 spiro atoms. The number of benzene rings is 1. The molecule has 1 aliphatic carbocycles. The number of thiol groups is 1. The molecule has 31 heavy (non-hydrogen) atoms. The quantitative estimate of drug-likeness (QED) is 0.348. The highest BCUT2D eigenvalue weighted by atomic mass is 32.1. The Morgan fingerprint density at radius 2 is 2.03 bits per heavy atom. The van der Waals surface area contributed by atoms with E-state index < -0.39 is 5.41 Å². The normalized spacial score (nSPS) is 18.7. The van der Waals surface area contributed by atoms with Crippen LogP contribution in [0, 0.1) is 24.7 Å². The molecule has 3 N–H and O–H groups in total. The van der Waals surface area contributed by atoms with Crippen LogP contribution in [-0.2, 0) is 18.3 Å². The van der Waals surface area contributed by atoms with Crippen molar-refractivity contribution in [2.24, 2.45) is 12.5 Å². The number of ketones is 1. The Bertz CT molecular complexity index is 1030. The Hall–Kier alpha value is -2.64. The van der Waals surface area contributed by atoms with Crippen LogP contribution >= 0.6 is 12.8 Å². The van der Waals surface area contributed by atoms with E-state index in [-0.39, 0.29) is 5.78 Å². The van der Waals surface area contributed by atoms with Crippen LogP contribution in [0.3, 0.4) is 0 Å². The first-order chi connectivity index (χ1) is 14.8. The van der Waals surface area contributed by atoms with Gasteiger partial charge in [0.1, 0.15) is 5.78 Å². The lowest BCUT2D eigenvalue weighted by molar-refractivity contribution is -0.124. The maximum atomic E-state index is 13.2. The molecular weight excluding hydrogens is 406 g/mol. The Morgan fingerprint density at radius 3 is 2.58 bits per heavy atom. The highest BCUT2D eigenvalue weighted by Gasteiger charge is 2.43. The molecule has 0 aliphatic heterocycles. The van der Waals surface area contributed by atoms with Crippen LogP contribution in [0.2, 0.25) is 0 Å². The minimum absolute atomic E-state index is 0.102. The number of carbonyl (C=O) groups excluding carboxylic acids is 1. The molecule has 1 atom stereocenters. The second kappa shape index (κ2) is 9.66. The number of aromatic nitrogens is 2. The van der Waals surface area contributed by atoms with E-state index in [0.29, 0.717) is 25.8 Å². The van der Waals surface area contributed by atoms with Gasteiger partial charge in [-0.15, -0.1) is 0 Å². The highest BCUT2D eigenvalue weighted by Crippen LogP contribution is 2.45. The molecule has 3 rings (SSSR count). The summed E-state index contributed by atoms with van der Waals surface area (Å²) in [5.74, 6) is 0.102. The molecule has 0 bridgehead atoms. The van der Waals surface area contributed by atoms with Gasteiger partial charge in [-0.25, -0.2) is 0 Å². The van der Waals surface area contributed by atoms with Gasteiger partial charge in [-0.1, -0.05) is 36.1 Å². The lowest BCUT2D eigenvalue weighted by Crippen LogP contribution is -2.38. The van der Waals surface area contributed by atoms with Gasteiger partial charge in [-0.05, 0) is 63.5 Å². The third-order valence-corrected chi connectivity index (χ3v) is 6.26. The monoisotopic (exact) mass is 437 g/mol. The van der Waals surface area contributed by atoms with Crippen LogP contribution in [-0.4, -0.2) is 28.3 Å². The third-order valence-electron chi connectivity index (χ3n) is 6.04. The van der Waals surface area contributed by atoms with E-state index >= 15 is 0 Å². The van der Waals surface area contributed by atoms with E-state index in [1.165, 1.54) is 11.8 Å². The van der Waals surface area contributed by atoms with E-state index in [4.69, 9.17) is 5.41 Å². The van der Waals surface area contributed by atoms with Gasteiger partial charge in [0.05, 0.1) is 11.1 Å². The lowest BCUT2D eigenvalue weighted by atomic mass is 9.65. The number of anilines is 1. The number of hydrogen-bond donors (Lipinski definition) is 4. The van der Waals surface area contributed by atoms with Crippen molar-refractivity contribution in [1.29, 1.82) is 5.41 Å². The largest absolute Gasteiger partial charge is 0.355 e. The van der Waals surface area contributed by atoms with Crippen molar-refractivity contribution in [2.45, 2.75) is 40.0 Å². The van der Waals surface area contributed by atoms with Gasteiger partial charge in [-0.3, -0.25) is 14.2 Å². The summed E-state index contributed by atoms with van der Waals surface area (Å²) in [6.07, 6.45) is 5.13. The number of Topliss-reactive ketones (excluding diaryl/α,β-unsaturated/α-hetero) is 1. The maximum Gasteiger partial charge on any atom is 0.140 e. The van der Waals surface area contributed by atoms with Gasteiger partial charge in [0, 0.05) is 43.3 Å². The summed E-state index contributed by atoms with van der Waals surface area (Å²) in [5, 5.41) is 16.0. The van der Waals surface area contributed by atoms with Crippen LogP contribution in [0.25, 0.3) is 0 Å². The van der Waals surface area contributed by atoms with E-state index in [0.717, 1.165) is 33.9 Å². The zero-order chi connectivity index (χ0) is 22.6. The Kier molecular flexibility index (Phi) is 7.18. The number of rotatable bonds is 9. The van der Waals surface area contributed by atoms with E-state index in [9.17, 15) is 4.79 Å². The van der Waals surface area contributed by atoms with Crippen molar-refractivity contribution in [3.63, 3.8) is 0 Å². The van der Waals surface area contributed by atoms with E-state index in [1.807, 2.05) is 36.9 Å². The lowest BCUT2D eigenvalue weighted by Gasteiger charge is -2.38. The predicted octanol–water partition coefficient (Wildman–Crippen LogP) is 4.33. The predicted molar refractivity (Wildman–Crippen MR) is 130 cm³/mol. The molecule has 7 heteroatoms. The number of nitrogens with zero attached hydrogens (tertiary/aromatic N) is 2. The molecule has 0 fully saturated rings. The van der Waals surface area contributed by atoms with Gasteiger partial charge in [-0.2, -0.15) is 5.10 Å². The first-order valence-corrected chi connectivity index (χ1v) is 10.9. The fraction of sp³-hybridized carbons (Fsp3) is 0.375. The summed E-state index contributed by atoms with van der Waals surface area (Å²) < 4.78 is 4.76. The van der Waals surface area contributed by atoms with Crippen molar-refractivity contribution in [1.82, 2.24) is 14.5 Å². The fourth-order valence-electron chi connectivity index (χ4n) is 4.27. The molecule has 164 valence electrons. The average molecular weight is 438 g/mol. The first kappa shape index (κ1) is 23.0. The summed E-state index contributed by atoms with van der Waals surface area (Å²) >= 11 is 4.16. The zero-order valence-electron chi connectivity index (χ0n) is 18.6. The molecule has 1 aliphatic rings. The van der Waals surface area contributed by atoms with Gasteiger partial charge < -0.3 is 10.7 Å². The van der Waals surface area contributed by atoms with Crippen LogP contribution in [0.1, 0.15) is 36.7 Å². The van der Waals surface area contributed by atoms with Crippen LogP contribution in [0.15, 0.2) is 53.3 Å². The standard InChI is InChI=1S/C24H31N5OS/c1-16-5-7-21(8-6-16)27-23-12-20(9-10-26-31)24(18(3)30,13-19(23)15-25)14-22-11-17(2)28-29(22)4/h5-8,11-12,15,25-27,31H,9-10,13-14H2,1-4H3. The molecule has 0 radical (unpaired) electrons. The molecule has 6 nitrogen and oxygen atoms in total. The summed E-state index contributed by atoms with van der Waals surface area (Å²) in [6, 6.07) is 10.2. The third kappa shape index (κ3) is 4.99. The zero-order valence-corrected chi connectivity index (χ0v) is 19.5. The fourth-order valence-corrected chi connectivity index (χ4v) is 4.38. The van der Waals surface area contributed by atoms with Gasteiger partial charge in [0.15, 0.2) is 0 Å². The van der Waals surface area contributed by atoms with Crippen molar-refractivity contribution in [3.8, 4) is 0 Å². The topological polar surface area (TPSA) is 82.8 Å². The molecule has 2 aromatic rings. The SMILES string of the molecule is CC(=O)C1(Cc2cc(C)nn2C)CC(C=N)=C(Nc2ccc(C)cc2)C=C1CCNS. The van der Waals surface area contributed by atoms with Gasteiger partial charge in [0.2, 0.25) is 0 Å². The van der Waals surface area contributed by atoms with Crippen molar-refractivity contribution >= 4 is 30.5 Å². The van der Waals surface area contributed by atoms with E-state index in [1.54, 1.807) is 6.92 Å². The molecule has 1 unspecified atom stereocenters. The summed E-state index contributed by atoms with van der Waals surface area (Å²) in [7, 11) is 1.91. The molecule has 0 saturated heterocycles. The Morgan fingerprint density at radius 1 is 1.32 bits per heavy atom. The van der Waals surface area contributed by atoms with Gasteiger partial charge in [0.25, 0.3) is 0 Å². The summed E-state index contributed by atoms with van der Waals surface area (Å²) in [4.78, 5) is 13.2. The van der Waals surface area contributed by atoms with Crippen LogP contribution < -0.4 is 10.0 Å². The minimum atomic E-state index is -0.712. The number of carbonyl (C=O) groups is 1. The van der Waals surface area contributed by atoms with E-state index in [2.05, 4.69) is 53.1 Å². The molecule has 1 aromatic carbocycles. The summed E-state index contributed by atoms with van der Waals surface area (Å²) in [6.45, 7) is 6.31. The Balaban J connectivity index is 2.05. The van der Waals surface area contributed by atoms with Crippen molar-refractivity contribution < 1.29 is 4.79 Å². The second-order valence-electron chi connectivity index (χ2n) is 8.29. The molecular formula is C24H31N5OS. The molecule has 1 heterocycles. The summed E-state index contributed by atoms with van der Waals surface area (Å²) in [5.41, 5.74) is 6.10. The van der Waals surface area contributed by atoms with Gasteiger partial charge >= 0.3 is 0 Å². The molecule has 0 amide bonds. The number of hydrogen-bond acceptors (Lipinski definition) is 6. The molecule has 1 aromatic heterocycles. The van der Waals surface area contributed by atoms with Crippen LogP contribution in [0.5, 0.6) is 0 Å². The number of allylic oxidation sites excluding steroid dienone is 2.